The summed E-state index contributed by atoms with van der Waals surface area (Å²) in [4.78, 5) is 0.0965. The van der Waals surface area contributed by atoms with Crippen LogP contribution in [0.5, 0.6) is 5.75 Å². The minimum atomic E-state index is -3.63. The zero-order valence-corrected chi connectivity index (χ0v) is 12.7. The van der Waals surface area contributed by atoms with E-state index in [-0.39, 0.29) is 4.90 Å². The van der Waals surface area contributed by atoms with Gasteiger partial charge in [-0.05, 0) is 42.5 Å². The van der Waals surface area contributed by atoms with Crippen molar-refractivity contribution in [3.63, 3.8) is 0 Å². The first-order valence-corrected chi connectivity index (χ1v) is 8.33. The van der Waals surface area contributed by atoms with Gasteiger partial charge in [-0.15, -0.1) is 0 Å². The number of nitrogens with two attached hydrogens (primary N) is 1. The van der Waals surface area contributed by atoms with Gasteiger partial charge < -0.3 is 10.1 Å². The predicted octanol–water partition coefficient (Wildman–Crippen LogP) is 1.49. The SMILES string of the molecule is CC1(C)CC[C@@H]1NCCOc1ccc(S(N)(=O)=O)cc1. The highest BCUT2D eigenvalue weighted by molar-refractivity contribution is 7.89. The van der Waals surface area contributed by atoms with Gasteiger partial charge >= 0.3 is 0 Å². The second kappa shape index (κ2) is 5.71. The van der Waals surface area contributed by atoms with E-state index in [0.717, 1.165) is 6.54 Å². The van der Waals surface area contributed by atoms with E-state index < -0.39 is 10.0 Å². The Bertz CT molecular complexity index is 552. The van der Waals surface area contributed by atoms with Crippen LogP contribution in [0.4, 0.5) is 0 Å². The number of sulfonamides is 1. The maximum absolute atomic E-state index is 11.1. The third kappa shape index (κ3) is 3.71. The topological polar surface area (TPSA) is 81.4 Å². The van der Waals surface area contributed by atoms with Gasteiger partial charge in [-0.2, -0.15) is 0 Å². The maximum Gasteiger partial charge on any atom is 0.238 e. The Hall–Kier alpha value is -1.11. The van der Waals surface area contributed by atoms with Gasteiger partial charge in [-0.25, -0.2) is 13.6 Å². The lowest BCUT2D eigenvalue weighted by atomic mass is 9.67. The van der Waals surface area contributed by atoms with Crippen molar-refractivity contribution in [2.75, 3.05) is 13.2 Å². The number of primary sulfonamides is 1. The van der Waals surface area contributed by atoms with Crippen molar-refractivity contribution in [1.82, 2.24) is 5.32 Å². The minimum Gasteiger partial charge on any atom is -0.492 e. The highest BCUT2D eigenvalue weighted by Crippen LogP contribution is 2.39. The van der Waals surface area contributed by atoms with Crippen LogP contribution in [0, 0.1) is 5.41 Å². The molecule has 1 aliphatic carbocycles. The average Bonchev–Trinajstić information content (AvgIpc) is 2.37. The Labute approximate surface area is 120 Å². The smallest absolute Gasteiger partial charge is 0.238 e. The average molecular weight is 298 g/mol. The van der Waals surface area contributed by atoms with Gasteiger partial charge in [0, 0.05) is 12.6 Å². The molecular weight excluding hydrogens is 276 g/mol. The van der Waals surface area contributed by atoms with E-state index in [1.165, 1.54) is 25.0 Å². The number of ether oxygens (including phenoxy) is 1. The fourth-order valence-electron chi connectivity index (χ4n) is 2.37. The number of benzene rings is 1. The molecule has 20 heavy (non-hydrogen) atoms. The molecule has 112 valence electrons. The molecular formula is C14H22N2O3S. The molecule has 0 aromatic heterocycles. The van der Waals surface area contributed by atoms with Crippen LogP contribution in [-0.2, 0) is 10.0 Å². The third-order valence-corrected chi connectivity index (χ3v) is 4.86. The number of hydrogen-bond acceptors (Lipinski definition) is 4. The van der Waals surface area contributed by atoms with Crippen molar-refractivity contribution in [2.24, 2.45) is 10.6 Å². The number of rotatable bonds is 6. The van der Waals surface area contributed by atoms with Gasteiger partial charge in [0.05, 0.1) is 4.90 Å². The highest BCUT2D eigenvalue weighted by Gasteiger charge is 2.37. The summed E-state index contributed by atoms with van der Waals surface area (Å²) in [5.41, 5.74) is 0.386. The second-order valence-corrected chi connectivity index (χ2v) is 7.46. The van der Waals surface area contributed by atoms with E-state index in [2.05, 4.69) is 19.2 Å². The van der Waals surface area contributed by atoms with E-state index in [9.17, 15) is 8.42 Å². The summed E-state index contributed by atoms with van der Waals surface area (Å²) in [5, 5.41) is 8.50. The molecule has 0 saturated heterocycles. The molecule has 0 heterocycles. The molecule has 0 aliphatic heterocycles. The van der Waals surface area contributed by atoms with Crippen LogP contribution in [0.2, 0.25) is 0 Å². The second-order valence-electron chi connectivity index (χ2n) is 5.90. The minimum absolute atomic E-state index is 0.0965. The lowest BCUT2D eigenvalue weighted by Gasteiger charge is -2.45. The summed E-state index contributed by atoms with van der Waals surface area (Å²) in [6, 6.07) is 6.70. The zero-order chi connectivity index (χ0) is 14.8. The van der Waals surface area contributed by atoms with E-state index in [4.69, 9.17) is 9.88 Å². The fourth-order valence-corrected chi connectivity index (χ4v) is 2.89. The first-order chi connectivity index (χ1) is 9.29. The van der Waals surface area contributed by atoms with Crippen molar-refractivity contribution in [3.05, 3.63) is 24.3 Å². The number of hydrogen-bond donors (Lipinski definition) is 2. The summed E-state index contributed by atoms with van der Waals surface area (Å²) >= 11 is 0. The molecule has 1 fully saturated rings. The summed E-state index contributed by atoms with van der Waals surface area (Å²) in [5.74, 6) is 0.645. The van der Waals surface area contributed by atoms with Crippen LogP contribution in [0.3, 0.4) is 0 Å². The first kappa shape index (κ1) is 15.3. The zero-order valence-electron chi connectivity index (χ0n) is 11.9. The summed E-state index contributed by atoms with van der Waals surface area (Å²) in [6.45, 7) is 5.87. The van der Waals surface area contributed by atoms with E-state index in [0.29, 0.717) is 23.8 Å². The molecule has 0 bridgehead atoms. The molecule has 0 unspecified atom stereocenters. The van der Waals surface area contributed by atoms with Crippen LogP contribution in [0.15, 0.2) is 29.2 Å². The van der Waals surface area contributed by atoms with Gasteiger partial charge in [0.15, 0.2) is 0 Å². The number of nitrogens with one attached hydrogen (secondary N) is 1. The molecule has 0 amide bonds. The molecule has 3 N–H and O–H groups in total. The van der Waals surface area contributed by atoms with E-state index in [1.54, 1.807) is 12.1 Å². The lowest BCUT2D eigenvalue weighted by Crippen LogP contribution is -2.50. The Balaban J connectivity index is 1.75. The monoisotopic (exact) mass is 298 g/mol. The Morgan fingerprint density at radius 3 is 2.45 bits per heavy atom. The largest absolute Gasteiger partial charge is 0.492 e. The third-order valence-electron chi connectivity index (χ3n) is 3.93. The molecule has 6 heteroatoms. The van der Waals surface area contributed by atoms with E-state index >= 15 is 0 Å². The Kier molecular flexibility index (Phi) is 4.36. The summed E-state index contributed by atoms with van der Waals surface area (Å²) in [7, 11) is -3.63. The first-order valence-electron chi connectivity index (χ1n) is 6.78. The predicted molar refractivity (Wildman–Crippen MR) is 78.1 cm³/mol. The van der Waals surface area contributed by atoms with Crippen molar-refractivity contribution in [1.29, 1.82) is 0 Å². The van der Waals surface area contributed by atoms with E-state index in [1.807, 2.05) is 0 Å². The molecule has 2 rings (SSSR count). The highest BCUT2D eigenvalue weighted by atomic mass is 32.2. The van der Waals surface area contributed by atoms with Gasteiger partial charge in [-0.1, -0.05) is 13.8 Å². The van der Waals surface area contributed by atoms with Gasteiger partial charge in [0.2, 0.25) is 10.0 Å². The van der Waals surface area contributed by atoms with Crippen molar-refractivity contribution < 1.29 is 13.2 Å². The van der Waals surface area contributed by atoms with Crippen molar-refractivity contribution in [3.8, 4) is 5.75 Å². The summed E-state index contributed by atoms with van der Waals surface area (Å²) < 4.78 is 27.8. The molecule has 0 spiro atoms. The molecule has 1 saturated carbocycles. The van der Waals surface area contributed by atoms with Crippen LogP contribution < -0.4 is 15.2 Å². The van der Waals surface area contributed by atoms with Crippen LogP contribution in [-0.4, -0.2) is 27.6 Å². The Morgan fingerprint density at radius 1 is 1.35 bits per heavy atom. The molecule has 1 atom stereocenters. The van der Waals surface area contributed by atoms with Crippen molar-refractivity contribution >= 4 is 10.0 Å². The molecule has 1 aliphatic rings. The molecule has 5 nitrogen and oxygen atoms in total. The molecule has 0 radical (unpaired) electrons. The van der Waals surface area contributed by atoms with Crippen LogP contribution in [0.25, 0.3) is 0 Å². The summed E-state index contributed by atoms with van der Waals surface area (Å²) in [6.07, 6.45) is 2.48. The fraction of sp³-hybridized carbons (Fsp3) is 0.571. The Morgan fingerprint density at radius 2 is 2.00 bits per heavy atom. The van der Waals surface area contributed by atoms with Gasteiger partial charge in [0.25, 0.3) is 0 Å². The van der Waals surface area contributed by atoms with Crippen LogP contribution in [0.1, 0.15) is 26.7 Å². The molecule has 1 aromatic rings. The van der Waals surface area contributed by atoms with Crippen molar-refractivity contribution in [2.45, 2.75) is 37.6 Å². The lowest BCUT2D eigenvalue weighted by molar-refractivity contribution is 0.105. The maximum atomic E-state index is 11.1. The molecule has 1 aromatic carbocycles. The quantitative estimate of drug-likeness (QED) is 0.780. The standard InChI is InChI=1S/C14H22N2O3S/c1-14(2)8-7-13(14)16-9-10-19-11-3-5-12(6-4-11)20(15,17)18/h3-6,13,16H,7-10H2,1-2H3,(H2,15,17,18)/t13-/m0/s1. The van der Waals surface area contributed by atoms with Crippen LogP contribution >= 0.6 is 0 Å². The normalized spacial score (nSPS) is 21.2. The van der Waals surface area contributed by atoms with Gasteiger partial charge in [0.1, 0.15) is 12.4 Å². The van der Waals surface area contributed by atoms with Gasteiger partial charge in [-0.3, -0.25) is 0 Å².